The second-order valence-corrected chi connectivity index (χ2v) is 4.62. The van der Waals surface area contributed by atoms with Gasteiger partial charge in [-0.2, -0.15) is 0 Å². The number of pyridine rings is 1. The molecular formula is C14H24N4O. The quantitative estimate of drug-likeness (QED) is 0.771. The summed E-state index contributed by atoms with van der Waals surface area (Å²) >= 11 is 0. The van der Waals surface area contributed by atoms with Gasteiger partial charge in [-0.3, -0.25) is 9.78 Å². The van der Waals surface area contributed by atoms with Crippen molar-refractivity contribution in [1.29, 1.82) is 0 Å². The monoisotopic (exact) mass is 264 g/mol. The van der Waals surface area contributed by atoms with E-state index in [0.717, 1.165) is 25.2 Å². The second kappa shape index (κ2) is 7.86. The van der Waals surface area contributed by atoms with Crippen LogP contribution in [0.2, 0.25) is 0 Å². The molecule has 1 unspecified atom stereocenters. The van der Waals surface area contributed by atoms with Crippen molar-refractivity contribution in [3.8, 4) is 0 Å². The molecule has 5 nitrogen and oxygen atoms in total. The van der Waals surface area contributed by atoms with Gasteiger partial charge in [0.15, 0.2) is 0 Å². The van der Waals surface area contributed by atoms with Crippen LogP contribution >= 0.6 is 0 Å². The number of rotatable bonds is 7. The van der Waals surface area contributed by atoms with Gasteiger partial charge in [-0.15, -0.1) is 0 Å². The Morgan fingerprint density at radius 1 is 1.42 bits per heavy atom. The van der Waals surface area contributed by atoms with Crippen molar-refractivity contribution >= 4 is 5.91 Å². The Labute approximate surface area is 115 Å². The first-order chi connectivity index (χ1) is 9.10. The molecule has 0 bridgehead atoms. The van der Waals surface area contributed by atoms with E-state index in [4.69, 9.17) is 5.73 Å². The standard InChI is InChI=1S/C14H24N4O/c1-4-18(5-2)10-11(3)17-14(19)13-7-6-12(8-15)9-16-13/h6-7,9,11H,4-5,8,10,15H2,1-3H3,(H,17,19). The third kappa shape index (κ3) is 4.96. The number of aromatic nitrogens is 1. The smallest absolute Gasteiger partial charge is 0.270 e. The van der Waals surface area contributed by atoms with Gasteiger partial charge >= 0.3 is 0 Å². The SMILES string of the molecule is CCN(CC)CC(C)NC(=O)c1ccc(CN)cn1. The third-order valence-corrected chi connectivity index (χ3v) is 3.10. The summed E-state index contributed by atoms with van der Waals surface area (Å²) < 4.78 is 0. The van der Waals surface area contributed by atoms with Crippen molar-refractivity contribution in [1.82, 2.24) is 15.2 Å². The Kier molecular flexibility index (Phi) is 6.45. The first-order valence-corrected chi connectivity index (χ1v) is 6.78. The zero-order valence-electron chi connectivity index (χ0n) is 12.0. The lowest BCUT2D eigenvalue weighted by Crippen LogP contribution is -2.42. The van der Waals surface area contributed by atoms with Gasteiger partial charge in [-0.25, -0.2) is 0 Å². The van der Waals surface area contributed by atoms with Gasteiger partial charge in [0.2, 0.25) is 0 Å². The first kappa shape index (κ1) is 15.6. The molecule has 1 amide bonds. The fourth-order valence-electron chi connectivity index (χ4n) is 1.89. The van der Waals surface area contributed by atoms with E-state index in [0.29, 0.717) is 12.2 Å². The minimum Gasteiger partial charge on any atom is -0.347 e. The number of nitrogens with one attached hydrogen (secondary N) is 1. The van der Waals surface area contributed by atoms with E-state index in [1.165, 1.54) is 0 Å². The van der Waals surface area contributed by atoms with Crippen LogP contribution in [0.5, 0.6) is 0 Å². The average molecular weight is 264 g/mol. The molecule has 1 rings (SSSR count). The van der Waals surface area contributed by atoms with Crippen LogP contribution in [0.3, 0.4) is 0 Å². The minimum absolute atomic E-state index is 0.100. The van der Waals surface area contributed by atoms with Crippen LogP contribution in [0.25, 0.3) is 0 Å². The summed E-state index contributed by atoms with van der Waals surface area (Å²) in [5.74, 6) is -0.136. The normalized spacial score (nSPS) is 12.5. The van der Waals surface area contributed by atoms with Gasteiger partial charge in [-0.1, -0.05) is 19.9 Å². The highest BCUT2D eigenvalue weighted by Crippen LogP contribution is 2.00. The topological polar surface area (TPSA) is 71.2 Å². The van der Waals surface area contributed by atoms with Gasteiger partial charge in [0, 0.05) is 25.3 Å². The van der Waals surface area contributed by atoms with Crippen LogP contribution in [0.15, 0.2) is 18.3 Å². The average Bonchev–Trinajstić information content (AvgIpc) is 2.44. The van der Waals surface area contributed by atoms with E-state index in [1.807, 2.05) is 13.0 Å². The van der Waals surface area contributed by atoms with Crippen molar-refractivity contribution in [2.24, 2.45) is 5.73 Å². The fraction of sp³-hybridized carbons (Fsp3) is 0.571. The molecule has 1 atom stereocenters. The van der Waals surface area contributed by atoms with Crippen LogP contribution < -0.4 is 11.1 Å². The zero-order chi connectivity index (χ0) is 14.3. The highest BCUT2D eigenvalue weighted by molar-refractivity contribution is 5.92. The highest BCUT2D eigenvalue weighted by atomic mass is 16.1. The number of nitrogens with zero attached hydrogens (tertiary/aromatic N) is 2. The van der Waals surface area contributed by atoms with Crippen LogP contribution in [0.4, 0.5) is 0 Å². The maximum absolute atomic E-state index is 12.0. The third-order valence-electron chi connectivity index (χ3n) is 3.10. The fourth-order valence-corrected chi connectivity index (χ4v) is 1.89. The molecule has 1 heterocycles. The molecule has 19 heavy (non-hydrogen) atoms. The summed E-state index contributed by atoms with van der Waals surface area (Å²) in [4.78, 5) is 18.4. The molecule has 106 valence electrons. The molecule has 1 aromatic heterocycles. The van der Waals surface area contributed by atoms with Gasteiger partial charge in [0.25, 0.3) is 5.91 Å². The molecular weight excluding hydrogens is 240 g/mol. The number of carbonyl (C=O) groups is 1. The molecule has 0 aliphatic carbocycles. The Hall–Kier alpha value is -1.46. The predicted molar refractivity (Wildman–Crippen MR) is 76.8 cm³/mol. The van der Waals surface area contributed by atoms with Crippen LogP contribution in [-0.4, -0.2) is 41.5 Å². The summed E-state index contributed by atoms with van der Waals surface area (Å²) in [7, 11) is 0. The lowest BCUT2D eigenvalue weighted by atomic mass is 10.2. The van der Waals surface area contributed by atoms with Crippen LogP contribution in [0.1, 0.15) is 36.8 Å². The van der Waals surface area contributed by atoms with Crippen molar-refractivity contribution in [3.63, 3.8) is 0 Å². The molecule has 0 aliphatic heterocycles. The number of carbonyl (C=O) groups excluding carboxylic acids is 1. The predicted octanol–water partition coefficient (Wildman–Crippen LogP) is 1.00. The van der Waals surface area contributed by atoms with Crippen LogP contribution in [0, 0.1) is 0 Å². The number of likely N-dealkylation sites (N-methyl/N-ethyl adjacent to an activating group) is 1. The molecule has 0 saturated heterocycles. The van der Waals surface area contributed by atoms with E-state index >= 15 is 0 Å². The molecule has 0 spiro atoms. The molecule has 0 aromatic carbocycles. The Bertz CT molecular complexity index is 387. The van der Waals surface area contributed by atoms with Crippen molar-refractivity contribution in [2.75, 3.05) is 19.6 Å². The number of nitrogens with two attached hydrogens (primary N) is 1. The van der Waals surface area contributed by atoms with E-state index in [2.05, 4.69) is 29.0 Å². The lowest BCUT2D eigenvalue weighted by Gasteiger charge is -2.23. The van der Waals surface area contributed by atoms with Gasteiger partial charge in [0.05, 0.1) is 0 Å². The van der Waals surface area contributed by atoms with Crippen molar-refractivity contribution < 1.29 is 4.79 Å². The van der Waals surface area contributed by atoms with Gasteiger partial charge < -0.3 is 16.0 Å². The van der Waals surface area contributed by atoms with E-state index in [1.54, 1.807) is 12.3 Å². The van der Waals surface area contributed by atoms with Gasteiger partial charge in [-0.05, 0) is 31.6 Å². The minimum atomic E-state index is -0.136. The highest BCUT2D eigenvalue weighted by Gasteiger charge is 2.12. The molecule has 0 radical (unpaired) electrons. The molecule has 5 heteroatoms. The maximum Gasteiger partial charge on any atom is 0.270 e. The maximum atomic E-state index is 12.0. The Morgan fingerprint density at radius 2 is 2.11 bits per heavy atom. The van der Waals surface area contributed by atoms with Gasteiger partial charge in [0.1, 0.15) is 5.69 Å². The first-order valence-electron chi connectivity index (χ1n) is 6.78. The molecule has 1 aromatic rings. The lowest BCUT2D eigenvalue weighted by molar-refractivity contribution is 0.0925. The van der Waals surface area contributed by atoms with E-state index in [9.17, 15) is 4.79 Å². The number of hydrogen-bond acceptors (Lipinski definition) is 4. The van der Waals surface area contributed by atoms with Crippen molar-refractivity contribution in [2.45, 2.75) is 33.4 Å². The second-order valence-electron chi connectivity index (χ2n) is 4.62. The van der Waals surface area contributed by atoms with Crippen molar-refractivity contribution in [3.05, 3.63) is 29.6 Å². The summed E-state index contributed by atoms with van der Waals surface area (Å²) in [6.07, 6.45) is 1.64. The largest absolute Gasteiger partial charge is 0.347 e. The molecule has 0 saturated carbocycles. The van der Waals surface area contributed by atoms with Crippen LogP contribution in [-0.2, 0) is 6.54 Å². The number of amides is 1. The van der Waals surface area contributed by atoms with E-state index in [-0.39, 0.29) is 11.9 Å². The molecule has 0 aliphatic rings. The molecule has 0 fully saturated rings. The zero-order valence-corrected chi connectivity index (χ0v) is 12.0. The summed E-state index contributed by atoms with van der Waals surface area (Å²) in [5, 5.41) is 2.96. The Balaban J connectivity index is 2.53. The number of hydrogen-bond donors (Lipinski definition) is 2. The summed E-state index contributed by atoms with van der Waals surface area (Å²) in [6, 6.07) is 3.64. The summed E-state index contributed by atoms with van der Waals surface area (Å²) in [5.41, 5.74) is 6.85. The van der Waals surface area contributed by atoms with E-state index < -0.39 is 0 Å². The Morgan fingerprint density at radius 3 is 2.58 bits per heavy atom. The summed E-state index contributed by atoms with van der Waals surface area (Å²) in [6.45, 7) is 9.49. The molecule has 3 N–H and O–H groups in total.